The maximum absolute atomic E-state index is 14.0. The van der Waals surface area contributed by atoms with E-state index in [-0.39, 0.29) is 17.8 Å². The van der Waals surface area contributed by atoms with Crippen molar-refractivity contribution in [3.8, 4) is 5.75 Å². The Morgan fingerprint density at radius 3 is 2.47 bits per heavy atom. The molecular weight excluding hydrogens is 508 g/mol. The molecule has 0 amide bonds. The molecule has 2 heterocycles. The summed E-state index contributed by atoms with van der Waals surface area (Å²) in [5, 5.41) is 10.1. The van der Waals surface area contributed by atoms with E-state index in [1.54, 1.807) is 20.2 Å². The van der Waals surface area contributed by atoms with Crippen LogP contribution in [0.15, 0.2) is 41.2 Å². The quantitative estimate of drug-likeness (QED) is 0.318. The number of benzene rings is 1. The van der Waals surface area contributed by atoms with Crippen molar-refractivity contribution in [2.75, 3.05) is 20.8 Å². The number of aromatic amines is 1. The third-order valence-corrected chi connectivity index (χ3v) is 6.86. The molecule has 0 bridgehead atoms. The fourth-order valence-electron chi connectivity index (χ4n) is 4.34. The van der Waals surface area contributed by atoms with Crippen LogP contribution in [0.1, 0.15) is 70.1 Å². The van der Waals surface area contributed by atoms with Gasteiger partial charge < -0.3 is 14.8 Å². The monoisotopic (exact) mass is 547 g/mol. The Bertz CT molecular complexity index is 1220. The van der Waals surface area contributed by atoms with Gasteiger partial charge in [-0.05, 0) is 81.7 Å². The number of aromatic nitrogens is 2. The molecule has 0 aliphatic heterocycles. The predicted octanol–water partition coefficient (Wildman–Crippen LogP) is 7.98. The normalized spacial score (nSPS) is 16.9. The number of aliphatic hydroxyl groups is 1. The lowest BCUT2D eigenvalue weighted by Gasteiger charge is -2.21. The number of rotatable bonds is 5. The number of ether oxygens (including phenoxy) is 1. The van der Waals surface area contributed by atoms with Crippen LogP contribution in [-0.4, -0.2) is 48.2 Å². The zero-order valence-electron chi connectivity index (χ0n) is 23.2. The number of hydrogen-bond acceptors (Lipinski definition) is 4. The topological polar surface area (TPSA) is 70.5 Å². The lowest BCUT2D eigenvalue weighted by atomic mass is 9.89. The minimum atomic E-state index is -0.461. The molecule has 0 unspecified atom stereocenters. The zero-order chi connectivity index (χ0) is 28.2. The number of nitrogens with one attached hydrogen (secondary N) is 1. The van der Waals surface area contributed by atoms with Gasteiger partial charge in [-0.15, -0.1) is 0 Å². The SMILES string of the molecule is CC1CCC(O)CC1.CCF.CN=CC(=C(C)C)c1cnc2[nH]cc(Cc3c(OC)ccc(F)c3Cl)c2c1. The summed E-state index contributed by atoms with van der Waals surface area (Å²) in [7, 11) is 3.29. The molecule has 3 aromatic rings. The molecule has 1 aromatic carbocycles. The van der Waals surface area contributed by atoms with Crippen LogP contribution in [0.25, 0.3) is 16.6 Å². The van der Waals surface area contributed by atoms with Crippen molar-refractivity contribution in [1.82, 2.24) is 9.97 Å². The fourth-order valence-corrected chi connectivity index (χ4v) is 4.56. The highest BCUT2D eigenvalue weighted by molar-refractivity contribution is 6.31. The van der Waals surface area contributed by atoms with Crippen LogP contribution in [0.3, 0.4) is 0 Å². The molecule has 0 spiro atoms. The van der Waals surface area contributed by atoms with Gasteiger partial charge in [0.15, 0.2) is 0 Å². The number of halogens is 3. The van der Waals surface area contributed by atoms with Gasteiger partial charge in [-0.25, -0.2) is 9.37 Å². The van der Waals surface area contributed by atoms with E-state index in [9.17, 15) is 8.78 Å². The molecule has 2 N–H and O–H groups in total. The number of nitrogens with zero attached hydrogens (tertiary/aromatic N) is 2. The maximum atomic E-state index is 14.0. The van der Waals surface area contributed by atoms with Crippen LogP contribution in [0.5, 0.6) is 5.75 Å². The van der Waals surface area contributed by atoms with Crippen molar-refractivity contribution >= 4 is 34.4 Å². The van der Waals surface area contributed by atoms with E-state index in [1.165, 1.54) is 25.8 Å². The smallest absolute Gasteiger partial charge is 0.142 e. The summed E-state index contributed by atoms with van der Waals surface area (Å²) in [5.74, 6) is 0.957. The van der Waals surface area contributed by atoms with Crippen LogP contribution in [0.4, 0.5) is 8.78 Å². The van der Waals surface area contributed by atoms with Crippen molar-refractivity contribution in [1.29, 1.82) is 0 Å². The summed E-state index contributed by atoms with van der Waals surface area (Å²) >= 11 is 6.20. The summed E-state index contributed by atoms with van der Waals surface area (Å²) in [6.45, 7) is 7.54. The van der Waals surface area contributed by atoms with Crippen molar-refractivity contribution < 1.29 is 18.6 Å². The molecule has 0 atom stereocenters. The molecule has 5 nitrogen and oxygen atoms in total. The lowest BCUT2D eigenvalue weighted by Crippen LogP contribution is -2.15. The standard InChI is InChI=1S/C21H21ClFN3O.C7H14O.C2H5F/c1-12(2)17(11-24-3)14-7-15-13(9-25-21(15)26-10-14)8-16-19(27-4)6-5-18(23)20(16)22;1-6-2-4-7(8)5-3-6;1-2-3/h5-7,9-11H,8H2,1-4H3,(H,25,26);6-8H,2-5H2,1H3;2H2,1H3. The van der Waals surface area contributed by atoms with E-state index in [2.05, 4.69) is 28.0 Å². The number of methoxy groups -OCH3 is 1. The molecule has 38 heavy (non-hydrogen) atoms. The van der Waals surface area contributed by atoms with Crippen molar-refractivity contribution in [3.05, 3.63) is 63.7 Å². The van der Waals surface area contributed by atoms with Gasteiger partial charge in [0.05, 0.1) is 24.9 Å². The third kappa shape index (κ3) is 8.63. The molecule has 1 fully saturated rings. The Morgan fingerprint density at radius 2 is 1.92 bits per heavy atom. The number of aliphatic hydroxyl groups excluding tert-OH is 1. The van der Waals surface area contributed by atoms with Crippen molar-refractivity contribution in [2.24, 2.45) is 10.9 Å². The summed E-state index contributed by atoms with van der Waals surface area (Å²) in [4.78, 5) is 11.8. The minimum absolute atomic E-state index is 0.0196. The van der Waals surface area contributed by atoms with Gasteiger partial charge >= 0.3 is 0 Å². The van der Waals surface area contributed by atoms with Gasteiger partial charge in [-0.2, -0.15) is 0 Å². The second-order valence-corrected chi connectivity index (χ2v) is 10.0. The molecule has 0 radical (unpaired) electrons. The number of allylic oxidation sites excluding steroid dienone is 2. The molecule has 208 valence electrons. The number of H-pyrrole nitrogens is 1. The highest BCUT2D eigenvalue weighted by Gasteiger charge is 2.17. The highest BCUT2D eigenvalue weighted by Crippen LogP contribution is 2.33. The minimum Gasteiger partial charge on any atom is -0.496 e. The van der Waals surface area contributed by atoms with Crippen molar-refractivity contribution in [2.45, 2.75) is 65.9 Å². The van der Waals surface area contributed by atoms with E-state index < -0.39 is 5.82 Å². The van der Waals surface area contributed by atoms with Gasteiger partial charge in [0, 0.05) is 48.6 Å². The van der Waals surface area contributed by atoms with Crippen LogP contribution < -0.4 is 4.74 Å². The molecule has 1 aliphatic carbocycles. The molecule has 2 aromatic heterocycles. The summed E-state index contributed by atoms with van der Waals surface area (Å²) in [5.41, 5.74) is 5.50. The van der Waals surface area contributed by atoms with Gasteiger partial charge in [0.2, 0.25) is 0 Å². The zero-order valence-corrected chi connectivity index (χ0v) is 24.0. The number of aliphatic imine (C=N–C) groups is 1. The average molecular weight is 548 g/mol. The molecule has 8 heteroatoms. The first-order chi connectivity index (χ1) is 18.2. The Balaban J connectivity index is 0.000000385. The summed E-state index contributed by atoms with van der Waals surface area (Å²) in [6, 6.07) is 4.97. The molecular formula is C30H40ClF2N3O2. The largest absolute Gasteiger partial charge is 0.496 e. The Morgan fingerprint density at radius 1 is 1.26 bits per heavy atom. The predicted molar refractivity (Wildman–Crippen MR) is 155 cm³/mol. The van der Waals surface area contributed by atoms with Crippen LogP contribution in [0, 0.1) is 11.7 Å². The van der Waals surface area contributed by atoms with Gasteiger partial charge in [-0.1, -0.05) is 24.1 Å². The summed E-state index contributed by atoms with van der Waals surface area (Å²) < 4.78 is 29.6. The third-order valence-electron chi connectivity index (χ3n) is 6.45. The number of pyridine rings is 1. The van der Waals surface area contributed by atoms with E-state index in [1.807, 2.05) is 32.5 Å². The number of hydrogen-bond donors (Lipinski definition) is 2. The second kappa shape index (κ2) is 15.6. The first-order valence-corrected chi connectivity index (χ1v) is 13.3. The average Bonchev–Trinajstić information content (AvgIpc) is 3.30. The first kappa shape index (κ1) is 31.4. The Labute approximate surface area is 230 Å². The van der Waals surface area contributed by atoms with Crippen molar-refractivity contribution in [3.63, 3.8) is 0 Å². The maximum Gasteiger partial charge on any atom is 0.142 e. The van der Waals surface area contributed by atoms with E-state index in [0.29, 0.717) is 17.7 Å². The van der Waals surface area contributed by atoms with E-state index in [0.717, 1.165) is 52.1 Å². The van der Waals surface area contributed by atoms with Crippen LogP contribution in [0.2, 0.25) is 5.02 Å². The Kier molecular flexibility index (Phi) is 12.9. The van der Waals surface area contributed by atoms with E-state index >= 15 is 0 Å². The van der Waals surface area contributed by atoms with Gasteiger partial charge in [-0.3, -0.25) is 9.38 Å². The molecule has 1 saturated carbocycles. The number of alkyl halides is 1. The number of fused-ring (bicyclic) bond motifs is 1. The van der Waals surface area contributed by atoms with Gasteiger partial charge in [0.1, 0.15) is 17.2 Å². The molecule has 4 rings (SSSR count). The van der Waals surface area contributed by atoms with Gasteiger partial charge in [0.25, 0.3) is 0 Å². The Hall–Kier alpha value is -2.77. The lowest BCUT2D eigenvalue weighted by molar-refractivity contribution is 0.112. The highest BCUT2D eigenvalue weighted by atomic mass is 35.5. The van der Waals surface area contributed by atoms with Crippen LogP contribution >= 0.6 is 11.6 Å². The molecule has 0 saturated heterocycles. The van der Waals surface area contributed by atoms with Crippen LogP contribution in [-0.2, 0) is 6.42 Å². The molecule has 1 aliphatic rings. The first-order valence-electron chi connectivity index (χ1n) is 13.0. The second-order valence-electron chi connectivity index (χ2n) is 9.63. The summed E-state index contributed by atoms with van der Waals surface area (Å²) in [6.07, 6.45) is 10.5. The fraction of sp³-hybridized carbons (Fsp3) is 0.467. The van der Waals surface area contributed by atoms with E-state index in [4.69, 9.17) is 21.4 Å².